The predicted molar refractivity (Wildman–Crippen MR) is 100 cm³/mol. The van der Waals surface area contributed by atoms with E-state index in [9.17, 15) is 0 Å². The van der Waals surface area contributed by atoms with Crippen LogP contribution in [-0.2, 0) is 7.05 Å². The predicted octanol–water partition coefficient (Wildman–Crippen LogP) is 3.80. The number of benzene rings is 1. The number of halogens is 1. The van der Waals surface area contributed by atoms with E-state index in [4.69, 9.17) is 9.47 Å². The van der Waals surface area contributed by atoms with Crippen molar-refractivity contribution in [2.75, 3.05) is 19.5 Å². The molecule has 25 heavy (non-hydrogen) atoms. The van der Waals surface area contributed by atoms with Crippen molar-refractivity contribution in [1.29, 1.82) is 0 Å². The summed E-state index contributed by atoms with van der Waals surface area (Å²) in [5.41, 5.74) is 0.968. The third-order valence-corrected chi connectivity index (χ3v) is 4.31. The summed E-state index contributed by atoms with van der Waals surface area (Å²) in [7, 11) is 5.24. The Bertz CT molecular complexity index is 826. The van der Waals surface area contributed by atoms with E-state index in [1.54, 1.807) is 26.6 Å². The van der Waals surface area contributed by atoms with Crippen LogP contribution < -0.4 is 14.8 Å². The first-order valence-corrected chi connectivity index (χ1v) is 8.48. The van der Waals surface area contributed by atoms with Crippen LogP contribution in [0.1, 0.15) is 17.4 Å². The number of aromatic nitrogens is 3. The Hall–Kier alpha value is -2.54. The van der Waals surface area contributed by atoms with Gasteiger partial charge in [-0.05, 0) is 45.8 Å². The van der Waals surface area contributed by atoms with Gasteiger partial charge in [-0.1, -0.05) is 0 Å². The number of nitrogens with one attached hydrogen (secondary N) is 1. The molecular formula is C18H19BrN4O2. The Morgan fingerprint density at radius 2 is 1.80 bits per heavy atom. The number of imidazole rings is 1. The Labute approximate surface area is 155 Å². The second-order valence-corrected chi connectivity index (χ2v) is 6.40. The van der Waals surface area contributed by atoms with Crippen molar-refractivity contribution in [3.05, 3.63) is 64.8 Å². The van der Waals surface area contributed by atoms with Gasteiger partial charge in [0.05, 0.1) is 14.2 Å². The molecule has 2 aromatic heterocycles. The number of ether oxygens (including phenoxy) is 2. The fourth-order valence-electron chi connectivity index (χ4n) is 2.56. The highest BCUT2D eigenvalue weighted by Gasteiger charge is 2.20. The average molecular weight is 403 g/mol. The van der Waals surface area contributed by atoms with Crippen molar-refractivity contribution in [3.63, 3.8) is 0 Å². The first-order valence-electron chi connectivity index (χ1n) is 7.69. The molecule has 1 unspecified atom stereocenters. The SMILES string of the molecule is COc1cc(OC)cc(C(Nc2ccc(Br)cn2)c2nccn2C)c1. The van der Waals surface area contributed by atoms with Gasteiger partial charge in [0, 0.05) is 36.2 Å². The summed E-state index contributed by atoms with van der Waals surface area (Å²) in [6.07, 6.45) is 5.44. The topological polar surface area (TPSA) is 61.2 Å². The molecule has 0 aliphatic rings. The Morgan fingerprint density at radius 1 is 1.08 bits per heavy atom. The summed E-state index contributed by atoms with van der Waals surface area (Å²) in [6.45, 7) is 0. The van der Waals surface area contributed by atoms with Crippen molar-refractivity contribution < 1.29 is 9.47 Å². The molecule has 0 aliphatic carbocycles. The average Bonchev–Trinajstić information content (AvgIpc) is 3.06. The largest absolute Gasteiger partial charge is 0.497 e. The second-order valence-electron chi connectivity index (χ2n) is 5.48. The Kier molecular flexibility index (Phi) is 5.23. The van der Waals surface area contributed by atoms with E-state index in [-0.39, 0.29) is 6.04 Å². The fourth-order valence-corrected chi connectivity index (χ4v) is 2.79. The number of pyridine rings is 1. The van der Waals surface area contributed by atoms with E-state index in [2.05, 4.69) is 31.2 Å². The number of methoxy groups -OCH3 is 2. The van der Waals surface area contributed by atoms with E-state index in [0.717, 1.165) is 33.2 Å². The molecule has 0 bridgehead atoms. The molecular weight excluding hydrogens is 384 g/mol. The lowest BCUT2D eigenvalue weighted by molar-refractivity contribution is 0.393. The highest BCUT2D eigenvalue weighted by molar-refractivity contribution is 9.10. The maximum absolute atomic E-state index is 5.40. The van der Waals surface area contributed by atoms with Gasteiger partial charge in [0.2, 0.25) is 0 Å². The summed E-state index contributed by atoms with van der Waals surface area (Å²) in [5.74, 6) is 3.05. The van der Waals surface area contributed by atoms with E-state index >= 15 is 0 Å². The van der Waals surface area contributed by atoms with E-state index in [1.807, 2.05) is 48.1 Å². The molecule has 0 fully saturated rings. The molecule has 0 amide bonds. The smallest absolute Gasteiger partial charge is 0.135 e. The van der Waals surface area contributed by atoms with Crippen LogP contribution in [0.3, 0.4) is 0 Å². The van der Waals surface area contributed by atoms with Crippen LogP contribution in [-0.4, -0.2) is 28.8 Å². The van der Waals surface area contributed by atoms with Gasteiger partial charge >= 0.3 is 0 Å². The second kappa shape index (κ2) is 7.57. The number of hydrogen-bond acceptors (Lipinski definition) is 5. The van der Waals surface area contributed by atoms with Gasteiger partial charge in [0.1, 0.15) is 29.2 Å². The van der Waals surface area contributed by atoms with Crippen molar-refractivity contribution in [2.24, 2.45) is 7.05 Å². The summed E-state index contributed by atoms with van der Waals surface area (Å²) in [4.78, 5) is 8.91. The molecule has 0 radical (unpaired) electrons. The zero-order valence-electron chi connectivity index (χ0n) is 14.2. The molecule has 3 rings (SSSR count). The minimum absolute atomic E-state index is 0.210. The van der Waals surface area contributed by atoms with Crippen molar-refractivity contribution in [1.82, 2.24) is 14.5 Å². The zero-order chi connectivity index (χ0) is 17.8. The molecule has 0 aliphatic heterocycles. The number of rotatable bonds is 6. The highest BCUT2D eigenvalue weighted by Crippen LogP contribution is 2.31. The van der Waals surface area contributed by atoms with Crippen LogP contribution in [0.15, 0.2) is 53.4 Å². The van der Waals surface area contributed by atoms with Gasteiger partial charge in [0.25, 0.3) is 0 Å². The molecule has 0 spiro atoms. The fraction of sp³-hybridized carbons (Fsp3) is 0.222. The normalized spacial score (nSPS) is 11.8. The molecule has 130 valence electrons. The third-order valence-electron chi connectivity index (χ3n) is 3.84. The van der Waals surface area contributed by atoms with Crippen molar-refractivity contribution in [2.45, 2.75) is 6.04 Å². The minimum atomic E-state index is -0.210. The number of anilines is 1. The molecule has 1 aromatic carbocycles. The quantitative estimate of drug-likeness (QED) is 0.679. The molecule has 1 atom stereocenters. The number of aryl methyl sites for hydroxylation is 1. The van der Waals surface area contributed by atoms with E-state index in [0.29, 0.717) is 0 Å². The van der Waals surface area contributed by atoms with Gasteiger partial charge in [-0.15, -0.1) is 0 Å². The van der Waals surface area contributed by atoms with Gasteiger partial charge < -0.3 is 19.4 Å². The maximum atomic E-state index is 5.40. The molecule has 7 heteroatoms. The minimum Gasteiger partial charge on any atom is -0.497 e. The first kappa shape index (κ1) is 17.3. The standard InChI is InChI=1S/C18H19BrN4O2/c1-23-7-6-20-18(23)17(22-16-5-4-13(19)11-21-16)12-8-14(24-2)10-15(9-12)25-3/h4-11,17H,1-3H3,(H,21,22). The lowest BCUT2D eigenvalue weighted by Gasteiger charge is -2.21. The molecule has 0 saturated heterocycles. The van der Waals surface area contributed by atoms with Crippen LogP contribution >= 0.6 is 15.9 Å². The number of nitrogens with zero attached hydrogens (tertiary/aromatic N) is 3. The van der Waals surface area contributed by atoms with E-state index in [1.165, 1.54) is 0 Å². The van der Waals surface area contributed by atoms with Gasteiger partial charge in [-0.2, -0.15) is 0 Å². The van der Waals surface area contributed by atoms with E-state index < -0.39 is 0 Å². The molecule has 0 saturated carbocycles. The van der Waals surface area contributed by atoms with Gasteiger partial charge in [-0.25, -0.2) is 9.97 Å². The van der Waals surface area contributed by atoms with Crippen LogP contribution in [0.4, 0.5) is 5.82 Å². The van der Waals surface area contributed by atoms with Crippen LogP contribution in [0.25, 0.3) is 0 Å². The third kappa shape index (κ3) is 3.93. The molecule has 2 heterocycles. The molecule has 1 N–H and O–H groups in total. The lowest BCUT2D eigenvalue weighted by Crippen LogP contribution is -2.17. The van der Waals surface area contributed by atoms with Crippen LogP contribution in [0.2, 0.25) is 0 Å². The summed E-state index contributed by atoms with van der Waals surface area (Å²) in [6, 6.07) is 9.42. The van der Waals surface area contributed by atoms with Crippen molar-refractivity contribution >= 4 is 21.7 Å². The number of hydrogen-bond donors (Lipinski definition) is 1. The maximum Gasteiger partial charge on any atom is 0.135 e. The molecule has 3 aromatic rings. The van der Waals surface area contributed by atoms with Gasteiger partial charge in [-0.3, -0.25) is 0 Å². The summed E-state index contributed by atoms with van der Waals surface area (Å²) < 4.78 is 13.7. The highest BCUT2D eigenvalue weighted by atomic mass is 79.9. The van der Waals surface area contributed by atoms with Crippen LogP contribution in [0, 0.1) is 0 Å². The Balaban J connectivity index is 2.05. The lowest BCUT2D eigenvalue weighted by atomic mass is 10.0. The molecule has 6 nitrogen and oxygen atoms in total. The monoisotopic (exact) mass is 402 g/mol. The summed E-state index contributed by atoms with van der Waals surface area (Å²) in [5, 5.41) is 3.44. The first-order chi connectivity index (χ1) is 12.1. The van der Waals surface area contributed by atoms with Crippen LogP contribution in [0.5, 0.6) is 11.5 Å². The van der Waals surface area contributed by atoms with Crippen molar-refractivity contribution in [3.8, 4) is 11.5 Å². The summed E-state index contributed by atoms with van der Waals surface area (Å²) >= 11 is 3.40. The zero-order valence-corrected chi connectivity index (χ0v) is 15.8. The Morgan fingerprint density at radius 3 is 2.32 bits per heavy atom. The van der Waals surface area contributed by atoms with Gasteiger partial charge in [0.15, 0.2) is 0 Å².